The van der Waals surface area contributed by atoms with Crippen LogP contribution in [-0.4, -0.2) is 35.7 Å². The maximum Gasteiger partial charge on any atom is 0.205 e. The lowest BCUT2D eigenvalue weighted by molar-refractivity contribution is 0.630. The molecule has 100 valence electrons. The number of aryl methyl sites for hydroxylation is 1. The van der Waals surface area contributed by atoms with E-state index in [1.165, 1.54) is 5.69 Å². The first kappa shape index (κ1) is 11.9. The van der Waals surface area contributed by atoms with E-state index >= 15 is 0 Å². The molecular formula is C14H19N5. The zero-order valence-corrected chi connectivity index (χ0v) is 11.2. The number of rotatable bonds is 2. The summed E-state index contributed by atoms with van der Waals surface area (Å²) in [5.41, 5.74) is 7.78. The molecule has 5 heteroatoms. The minimum absolute atomic E-state index is 0.815. The Balaban J connectivity index is 1.66. The quantitative estimate of drug-likeness (QED) is 0.825. The summed E-state index contributed by atoms with van der Waals surface area (Å²) in [5.74, 6) is 1.05. The van der Waals surface area contributed by atoms with E-state index in [0.717, 1.165) is 37.8 Å². The van der Waals surface area contributed by atoms with Crippen LogP contribution in [0.25, 0.3) is 0 Å². The van der Waals surface area contributed by atoms with Gasteiger partial charge in [0.05, 0.1) is 0 Å². The van der Waals surface area contributed by atoms with E-state index in [1.54, 1.807) is 0 Å². The third-order valence-corrected chi connectivity index (χ3v) is 3.62. The molecule has 1 aliphatic heterocycles. The normalized spacial score (nSPS) is 15.8. The van der Waals surface area contributed by atoms with Crippen molar-refractivity contribution in [2.75, 3.05) is 41.7 Å². The van der Waals surface area contributed by atoms with Crippen LogP contribution in [0.3, 0.4) is 0 Å². The molecule has 1 fully saturated rings. The fourth-order valence-corrected chi connectivity index (χ4v) is 2.51. The van der Waals surface area contributed by atoms with Crippen molar-refractivity contribution in [3.8, 4) is 0 Å². The Bertz CT molecular complexity index is 537. The number of nitrogens with two attached hydrogens (primary N) is 1. The van der Waals surface area contributed by atoms with E-state index in [1.807, 2.05) is 31.6 Å². The largest absolute Gasteiger partial charge is 0.399 e. The number of aromatic nitrogens is 2. The van der Waals surface area contributed by atoms with Crippen molar-refractivity contribution in [3.05, 3.63) is 36.7 Å². The van der Waals surface area contributed by atoms with Gasteiger partial charge < -0.3 is 20.1 Å². The molecule has 0 amide bonds. The van der Waals surface area contributed by atoms with E-state index in [0.29, 0.717) is 0 Å². The highest BCUT2D eigenvalue weighted by Crippen LogP contribution is 2.20. The Morgan fingerprint density at radius 2 is 1.63 bits per heavy atom. The lowest BCUT2D eigenvalue weighted by Gasteiger charge is -2.36. The fraction of sp³-hybridized carbons (Fsp3) is 0.357. The molecule has 1 aliphatic rings. The second-order valence-corrected chi connectivity index (χ2v) is 4.90. The average Bonchev–Trinajstić information content (AvgIpc) is 2.86. The van der Waals surface area contributed by atoms with Gasteiger partial charge in [-0.05, 0) is 24.3 Å². The number of piperazine rings is 1. The van der Waals surface area contributed by atoms with E-state index in [4.69, 9.17) is 5.73 Å². The maximum atomic E-state index is 5.72. The zero-order valence-electron chi connectivity index (χ0n) is 11.2. The van der Waals surface area contributed by atoms with Gasteiger partial charge >= 0.3 is 0 Å². The van der Waals surface area contributed by atoms with E-state index in [9.17, 15) is 0 Å². The van der Waals surface area contributed by atoms with Crippen LogP contribution < -0.4 is 15.5 Å². The van der Waals surface area contributed by atoms with Crippen LogP contribution in [0.4, 0.5) is 17.3 Å². The van der Waals surface area contributed by atoms with E-state index in [-0.39, 0.29) is 0 Å². The lowest BCUT2D eigenvalue weighted by Crippen LogP contribution is -2.47. The monoisotopic (exact) mass is 257 g/mol. The molecule has 0 spiro atoms. The molecule has 0 radical (unpaired) electrons. The Hall–Kier alpha value is -2.17. The third kappa shape index (κ3) is 2.36. The van der Waals surface area contributed by atoms with Crippen LogP contribution in [0.5, 0.6) is 0 Å². The summed E-state index contributed by atoms with van der Waals surface area (Å²) in [6.45, 7) is 4.01. The number of benzene rings is 1. The standard InChI is InChI=1S/C14H19N5/c1-17-7-6-16-14(17)19-10-8-18(9-11-19)13-4-2-12(15)3-5-13/h2-7H,8-11,15H2,1H3. The highest BCUT2D eigenvalue weighted by molar-refractivity contribution is 5.54. The van der Waals surface area contributed by atoms with Gasteiger partial charge in [0.1, 0.15) is 0 Å². The summed E-state index contributed by atoms with van der Waals surface area (Å²) in [7, 11) is 2.04. The van der Waals surface area contributed by atoms with Crippen LogP contribution >= 0.6 is 0 Å². The summed E-state index contributed by atoms with van der Waals surface area (Å²) < 4.78 is 2.07. The number of hydrogen-bond acceptors (Lipinski definition) is 4. The molecular weight excluding hydrogens is 238 g/mol. The van der Waals surface area contributed by atoms with Crippen LogP contribution in [0.1, 0.15) is 0 Å². The Morgan fingerprint density at radius 1 is 1.00 bits per heavy atom. The SMILES string of the molecule is Cn1ccnc1N1CCN(c2ccc(N)cc2)CC1. The molecule has 0 bridgehead atoms. The van der Waals surface area contributed by atoms with Gasteiger partial charge in [0.25, 0.3) is 0 Å². The van der Waals surface area contributed by atoms with Gasteiger partial charge in [-0.15, -0.1) is 0 Å². The van der Waals surface area contributed by atoms with Crippen molar-refractivity contribution in [2.24, 2.45) is 7.05 Å². The van der Waals surface area contributed by atoms with Gasteiger partial charge in [0.15, 0.2) is 0 Å². The van der Waals surface area contributed by atoms with Crippen LogP contribution in [0, 0.1) is 0 Å². The smallest absolute Gasteiger partial charge is 0.205 e. The molecule has 1 saturated heterocycles. The highest BCUT2D eigenvalue weighted by Gasteiger charge is 2.19. The first-order valence-electron chi connectivity index (χ1n) is 6.57. The van der Waals surface area contributed by atoms with Crippen LogP contribution in [0.2, 0.25) is 0 Å². The average molecular weight is 257 g/mol. The Morgan fingerprint density at radius 3 is 2.21 bits per heavy atom. The Labute approximate surface area is 113 Å². The van der Waals surface area contributed by atoms with Gasteiger partial charge in [0.2, 0.25) is 5.95 Å². The molecule has 0 aliphatic carbocycles. The number of anilines is 3. The summed E-state index contributed by atoms with van der Waals surface area (Å²) in [4.78, 5) is 9.12. The molecule has 2 heterocycles. The van der Waals surface area contributed by atoms with Crippen molar-refractivity contribution in [1.29, 1.82) is 0 Å². The molecule has 19 heavy (non-hydrogen) atoms. The molecule has 0 unspecified atom stereocenters. The van der Waals surface area contributed by atoms with Crippen LogP contribution in [0.15, 0.2) is 36.7 Å². The van der Waals surface area contributed by atoms with Crippen molar-refractivity contribution in [3.63, 3.8) is 0 Å². The molecule has 1 aromatic carbocycles. The summed E-state index contributed by atoms with van der Waals surface area (Å²) in [6, 6.07) is 8.10. The fourth-order valence-electron chi connectivity index (χ4n) is 2.51. The molecule has 0 atom stereocenters. The molecule has 3 rings (SSSR count). The highest BCUT2D eigenvalue weighted by atomic mass is 15.3. The predicted octanol–water partition coefficient (Wildman–Crippen LogP) is 1.33. The number of imidazole rings is 1. The van der Waals surface area contributed by atoms with Gasteiger partial charge in [-0.1, -0.05) is 0 Å². The maximum absolute atomic E-state index is 5.72. The second-order valence-electron chi connectivity index (χ2n) is 4.90. The van der Waals surface area contributed by atoms with Crippen molar-refractivity contribution < 1.29 is 0 Å². The van der Waals surface area contributed by atoms with Gasteiger partial charge in [-0.25, -0.2) is 4.98 Å². The van der Waals surface area contributed by atoms with E-state index in [2.05, 4.69) is 31.5 Å². The molecule has 5 nitrogen and oxygen atoms in total. The minimum Gasteiger partial charge on any atom is -0.399 e. The molecule has 1 aromatic heterocycles. The predicted molar refractivity (Wildman–Crippen MR) is 78.5 cm³/mol. The minimum atomic E-state index is 0.815. The third-order valence-electron chi connectivity index (χ3n) is 3.62. The van der Waals surface area contributed by atoms with Gasteiger partial charge in [0, 0.05) is 57.0 Å². The van der Waals surface area contributed by atoms with Crippen molar-refractivity contribution in [1.82, 2.24) is 9.55 Å². The van der Waals surface area contributed by atoms with Crippen molar-refractivity contribution in [2.45, 2.75) is 0 Å². The van der Waals surface area contributed by atoms with Crippen molar-refractivity contribution >= 4 is 17.3 Å². The zero-order chi connectivity index (χ0) is 13.2. The lowest BCUT2D eigenvalue weighted by atomic mass is 10.2. The molecule has 2 N–H and O–H groups in total. The second kappa shape index (κ2) is 4.84. The first-order chi connectivity index (χ1) is 9.24. The summed E-state index contributed by atoms with van der Waals surface area (Å²) in [6.07, 6.45) is 3.84. The van der Waals surface area contributed by atoms with Gasteiger partial charge in [-0.3, -0.25) is 0 Å². The van der Waals surface area contributed by atoms with E-state index < -0.39 is 0 Å². The number of nitrogen functional groups attached to an aromatic ring is 1. The number of nitrogens with zero attached hydrogens (tertiary/aromatic N) is 4. The van der Waals surface area contributed by atoms with Gasteiger partial charge in [-0.2, -0.15) is 0 Å². The molecule has 2 aromatic rings. The van der Waals surface area contributed by atoms with Crippen LogP contribution in [-0.2, 0) is 7.05 Å². The Kier molecular flexibility index (Phi) is 3.03. The summed E-state index contributed by atoms with van der Waals surface area (Å²) in [5, 5.41) is 0. The first-order valence-corrected chi connectivity index (χ1v) is 6.57. The molecule has 0 saturated carbocycles. The number of hydrogen-bond donors (Lipinski definition) is 1. The topological polar surface area (TPSA) is 50.3 Å². The summed E-state index contributed by atoms with van der Waals surface area (Å²) >= 11 is 0.